The van der Waals surface area contributed by atoms with E-state index >= 15 is 0 Å². The summed E-state index contributed by atoms with van der Waals surface area (Å²) in [4.78, 5) is 0. The van der Waals surface area contributed by atoms with E-state index in [0.717, 1.165) is 6.07 Å². The Hall–Kier alpha value is -1.23. The minimum Gasteiger partial charge on any atom is -0.496 e. The molecule has 0 atom stereocenters. The molecule has 1 aromatic rings. The highest BCUT2D eigenvalue weighted by molar-refractivity contribution is 5.42. The second-order valence-electron chi connectivity index (χ2n) is 3.81. The summed E-state index contributed by atoms with van der Waals surface area (Å²) in [6, 6.07) is 3.62. The predicted octanol–water partition coefficient (Wildman–Crippen LogP) is 2.40. The number of hydrogen-bond donors (Lipinski definition) is 1. The van der Waals surface area contributed by atoms with Gasteiger partial charge in [0.1, 0.15) is 5.75 Å². The zero-order chi connectivity index (χ0) is 11.8. The van der Waals surface area contributed by atoms with Gasteiger partial charge in [-0.1, -0.05) is 0 Å². The second kappa shape index (κ2) is 3.97. The van der Waals surface area contributed by atoms with Gasteiger partial charge in [-0.15, -0.1) is 0 Å². The van der Waals surface area contributed by atoms with Crippen molar-refractivity contribution in [3.63, 3.8) is 0 Å². The van der Waals surface area contributed by atoms with Crippen LogP contribution in [0.1, 0.15) is 17.0 Å². The van der Waals surface area contributed by atoms with Crippen LogP contribution in [0.15, 0.2) is 18.2 Å². The average molecular weight is 231 g/mol. The average Bonchev–Trinajstić information content (AvgIpc) is 2.13. The fourth-order valence-corrected chi connectivity index (χ4v) is 1.74. The molecule has 1 N–H and O–H groups in total. The summed E-state index contributed by atoms with van der Waals surface area (Å²) in [7, 11) is 1.47. The molecule has 0 saturated carbocycles. The molecule has 0 aromatic heterocycles. The fraction of sp³-hybridized carbons (Fsp3) is 0.455. The maximum Gasteiger partial charge on any atom is 0.416 e. The van der Waals surface area contributed by atoms with Gasteiger partial charge in [-0.2, -0.15) is 13.2 Å². The summed E-state index contributed by atoms with van der Waals surface area (Å²) < 4.78 is 42.7. The quantitative estimate of drug-likeness (QED) is 0.843. The number of nitrogens with one attached hydrogen (secondary N) is 1. The molecule has 5 heteroatoms. The zero-order valence-corrected chi connectivity index (χ0v) is 8.77. The van der Waals surface area contributed by atoms with Gasteiger partial charge in [-0.25, -0.2) is 0 Å². The first-order chi connectivity index (χ1) is 7.52. The largest absolute Gasteiger partial charge is 0.496 e. The van der Waals surface area contributed by atoms with Gasteiger partial charge in [0.15, 0.2) is 0 Å². The molecule has 1 aliphatic heterocycles. The predicted molar refractivity (Wildman–Crippen MR) is 53.6 cm³/mol. The Labute approximate surface area is 91.4 Å². The molecule has 0 spiro atoms. The molecule has 0 amide bonds. The first-order valence-electron chi connectivity index (χ1n) is 4.98. The molecular weight excluding hydrogens is 219 g/mol. The van der Waals surface area contributed by atoms with E-state index < -0.39 is 11.7 Å². The summed E-state index contributed by atoms with van der Waals surface area (Å²) in [5, 5.41) is 3.03. The second-order valence-corrected chi connectivity index (χ2v) is 3.81. The lowest BCUT2D eigenvalue weighted by Gasteiger charge is -2.29. The number of ether oxygens (including phenoxy) is 1. The third kappa shape index (κ3) is 2.00. The number of benzene rings is 1. The van der Waals surface area contributed by atoms with Crippen molar-refractivity contribution < 1.29 is 17.9 Å². The van der Waals surface area contributed by atoms with Crippen molar-refractivity contribution in [2.75, 3.05) is 20.2 Å². The van der Waals surface area contributed by atoms with E-state index in [4.69, 9.17) is 4.74 Å². The fourth-order valence-electron chi connectivity index (χ4n) is 1.74. The van der Waals surface area contributed by atoms with Gasteiger partial charge < -0.3 is 10.1 Å². The van der Waals surface area contributed by atoms with Crippen molar-refractivity contribution in [2.45, 2.75) is 12.1 Å². The van der Waals surface area contributed by atoms with Gasteiger partial charge >= 0.3 is 6.18 Å². The van der Waals surface area contributed by atoms with E-state index in [1.54, 1.807) is 0 Å². The molecule has 88 valence electrons. The summed E-state index contributed by atoms with van der Waals surface area (Å²) in [5.41, 5.74) is 0.0197. The first kappa shape index (κ1) is 11.3. The van der Waals surface area contributed by atoms with Crippen LogP contribution in [0, 0.1) is 0 Å². The molecule has 0 bridgehead atoms. The highest BCUT2D eigenvalue weighted by Crippen LogP contribution is 2.36. The van der Waals surface area contributed by atoms with E-state index in [1.807, 2.05) is 0 Å². The number of methoxy groups -OCH3 is 1. The molecular formula is C11H12F3NO. The van der Waals surface area contributed by atoms with Crippen molar-refractivity contribution in [2.24, 2.45) is 0 Å². The van der Waals surface area contributed by atoms with Gasteiger partial charge in [-0.3, -0.25) is 0 Å². The third-order valence-electron chi connectivity index (χ3n) is 2.78. The van der Waals surface area contributed by atoms with Crippen LogP contribution >= 0.6 is 0 Å². The van der Waals surface area contributed by atoms with Crippen LogP contribution in [-0.2, 0) is 6.18 Å². The Morgan fingerprint density at radius 3 is 2.44 bits per heavy atom. The normalized spacial score (nSPS) is 17.0. The Balaban J connectivity index is 2.38. The van der Waals surface area contributed by atoms with Gasteiger partial charge in [0.25, 0.3) is 0 Å². The smallest absolute Gasteiger partial charge is 0.416 e. The number of hydrogen-bond acceptors (Lipinski definition) is 2. The van der Waals surface area contributed by atoms with E-state index in [9.17, 15) is 13.2 Å². The Morgan fingerprint density at radius 2 is 2.00 bits per heavy atom. The maximum atomic E-state index is 12.5. The van der Waals surface area contributed by atoms with Crippen molar-refractivity contribution in [1.82, 2.24) is 5.32 Å². The van der Waals surface area contributed by atoms with Gasteiger partial charge in [-0.05, 0) is 18.2 Å². The number of halogens is 3. The first-order valence-corrected chi connectivity index (χ1v) is 4.98. The molecule has 16 heavy (non-hydrogen) atoms. The summed E-state index contributed by atoms with van der Waals surface area (Å²) in [6.45, 7) is 1.41. The maximum absolute atomic E-state index is 12.5. The molecule has 1 heterocycles. The molecule has 1 aromatic carbocycles. The summed E-state index contributed by atoms with van der Waals surface area (Å²) >= 11 is 0. The van der Waals surface area contributed by atoms with Crippen LogP contribution in [0.2, 0.25) is 0 Å². The van der Waals surface area contributed by atoms with Gasteiger partial charge in [0, 0.05) is 24.6 Å². The highest BCUT2D eigenvalue weighted by atomic mass is 19.4. The Bertz CT molecular complexity index is 385. The molecule has 1 aliphatic rings. The van der Waals surface area contributed by atoms with Crippen LogP contribution in [-0.4, -0.2) is 20.2 Å². The SMILES string of the molecule is COc1ccc(C(F)(F)F)cc1C1CNC1. The lowest BCUT2D eigenvalue weighted by atomic mass is 9.91. The van der Waals surface area contributed by atoms with Crippen molar-refractivity contribution in [3.8, 4) is 5.75 Å². The standard InChI is InChI=1S/C11H12F3NO/c1-16-10-3-2-8(11(12,13)14)4-9(10)7-5-15-6-7/h2-4,7,15H,5-6H2,1H3. The van der Waals surface area contributed by atoms with Crippen LogP contribution < -0.4 is 10.1 Å². The van der Waals surface area contributed by atoms with Crippen molar-refractivity contribution in [1.29, 1.82) is 0 Å². The van der Waals surface area contributed by atoms with Crippen molar-refractivity contribution >= 4 is 0 Å². The minimum atomic E-state index is -4.29. The van der Waals surface area contributed by atoms with Crippen LogP contribution in [0.5, 0.6) is 5.75 Å². The minimum absolute atomic E-state index is 0.122. The van der Waals surface area contributed by atoms with Gasteiger partial charge in [0.05, 0.1) is 12.7 Å². The third-order valence-corrected chi connectivity index (χ3v) is 2.78. The molecule has 1 fully saturated rings. The van der Waals surface area contributed by atoms with E-state index in [1.165, 1.54) is 19.2 Å². The monoisotopic (exact) mass is 231 g/mol. The molecule has 2 rings (SSSR count). The van der Waals surface area contributed by atoms with Crippen LogP contribution in [0.4, 0.5) is 13.2 Å². The zero-order valence-electron chi connectivity index (χ0n) is 8.77. The molecule has 0 unspecified atom stereocenters. The van der Waals surface area contributed by atoms with Crippen LogP contribution in [0.25, 0.3) is 0 Å². The highest BCUT2D eigenvalue weighted by Gasteiger charge is 2.32. The Morgan fingerprint density at radius 1 is 1.31 bits per heavy atom. The van der Waals surface area contributed by atoms with E-state index in [-0.39, 0.29) is 5.92 Å². The van der Waals surface area contributed by atoms with Crippen molar-refractivity contribution in [3.05, 3.63) is 29.3 Å². The molecule has 2 nitrogen and oxygen atoms in total. The topological polar surface area (TPSA) is 21.3 Å². The lowest BCUT2D eigenvalue weighted by molar-refractivity contribution is -0.137. The van der Waals surface area contributed by atoms with E-state index in [2.05, 4.69) is 5.32 Å². The molecule has 1 saturated heterocycles. The summed E-state index contributed by atoms with van der Waals surface area (Å²) in [6.07, 6.45) is -4.29. The number of rotatable bonds is 2. The number of alkyl halides is 3. The molecule has 0 radical (unpaired) electrons. The summed E-state index contributed by atoms with van der Waals surface area (Å²) in [5.74, 6) is 0.650. The van der Waals surface area contributed by atoms with E-state index in [0.29, 0.717) is 24.4 Å². The Kier molecular flexibility index (Phi) is 2.80. The van der Waals surface area contributed by atoms with Crippen LogP contribution in [0.3, 0.4) is 0 Å². The lowest BCUT2D eigenvalue weighted by Crippen LogP contribution is -2.40. The van der Waals surface area contributed by atoms with Gasteiger partial charge in [0.2, 0.25) is 0 Å². The molecule has 0 aliphatic carbocycles.